The van der Waals surface area contributed by atoms with E-state index in [1.54, 1.807) is 30.1 Å². The summed E-state index contributed by atoms with van der Waals surface area (Å²) >= 11 is 0. The first-order chi connectivity index (χ1) is 8.66. The van der Waals surface area contributed by atoms with Crippen LogP contribution in [-0.2, 0) is 6.54 Å². The van der Waals surface area contributed by atoms with Crippen LogP contribution < -0.4 is 5.73 Å². The van der Waals surface area contributed by atoms with Gasteiger partial charge in [0.05, 0.1) is 0 Å². The first-order valence-electron chi connectivity index (χ1n) is 5.73. The van der Waals surface area contributed by atoms with Crippen molar-refractivity contribution in [1.29, 1.82) is 0 Å². The fourth-order valence-electron chi connectivity index (χ4n) is 1.76. The SMILES string of the molecule is CN(Cc1ccccc1)C(=O)c1c[c]cc(N)c1. The van der Waals surface area contributed by atoms with Gasteiger partial charge in [-0.1, -0.05) is 30.3 Å². The molecule has 0 aliphatic rings. The van der Waals surface area contributed by atoms with Gasteiger partial charge < -0.3 is 10.6 Å². The molecular weight excluding hydrogens is 224 g/mol. The van der Waals surface area contributed by atoms with Gasteiger partial charge in [-0.15, -0.1) is 0 Å². The van der Waals surface area contributed by atoms with E-state index in [2.05, 4.69) is 6.07 Å². The van der Waals surface area contributed by atoms with Gasteiger partial charge >= 0.3 is 0 Å². The van der Waals surface area contributed by atoms with Gasteiger partial charge in [0.1, 0.15) is 0 Å². The van der Waals surface area contributed by atoms with Gasteiger partial charge in [-0.05, 0) is 29.8 Å². The van der Waals surface area contributed by atoms with Gasteiger partial charge in [-0.3, -0.25) is 4.79 Å². The zero-order valence-corrected chi connectivity index (χ0v) is 10.3. The fraction of sp³-hybridized carbons (Fsp3) is 0.133. The van der Waals surface area contributed by atoms with Crippen LogP contribution in [0, 0.1) is 6.07 Å². The number of nitrogens with zero attached hydrogens (tertiary/aromatic N) is 1. The highest BCUT2D eigenvalue weighted by Crippen LogP contribution is 2.10. The molecule has 2 aromatic carbocycles. The number of hydrogen-bond acceptors (Lipinski definition) is 2. The Bertz CT molecular complexity index is 537. The molecule has 2 rings (SSSR count). The van der Waals surface area contributed by atoms with E-state index in [1.807, 2.05) is 30.3 Å². The van der Waals surface area contributed by atoms with Crippen molar-refractivity contribution >= 4 is 11.6 Å². The molecule has 0 atom stereocenters. The Morgan fingerprint density at radius 3 is 2.67 bits per heavy atom. The number of hydrogen-bond donors (Lipinski definition) is 1. The van der Waals surface area contributed by atoms with Gasteiger partial charge in [0.2, 0.25) is 0 Å². The number of benzene rings is 2. The van der Waals surface area contributed by atoms with E-state index in [-0.39, 0.29) is 5.91 Å². The third-order valence-electron chi connectivity index (χ3n) is 2.67. The van der Waals surface area contributed by atoms with Crippen LogP contribution in [0.25, 0.3) is 0 Å². The summed E-state index contributed by atoms with van der Waals surface area (Å²) in [5.41, 5.74) is 7.86. The number of nitrogen functional groups attached to an aromatic ring is 1. The molecule has 0 fully saturated rings. The maximum absolute atomic E-state index is 12.2. The minimum atomic E-state index is -0.0533. The zero-order valence-electron chi connectivity index (χ0n) is 10.3. The van der Waals surface area contributed by atoms with Crippen LogP contribution in [0.1, 0.15) is 15.9 Å². The first-order valence-corrected chi connectivity index (χ1v) is 5.73. The van der Waals surface area contributed by atoms with Crippen molar-refractivity contribution in [2.24, 2.45) is 0 Å². The molecule has 0 aromatic heterocycles. The summed E-state index contributed by atoms with van der Waals surface area (Å²) in [6.07, 6.45) is 0. The fourth-order valence-corrected chi connectivity index (χ4v) is 1.76. The molecule has 0 heterocycles. The second kappa shape index (κ2) is 5.36. The van der Waals surface area contributed by atoms with Gasteiger partial charge in [-0.25, -0.2) is 0 Å². The second-order valence-electron chi connectivity index (χ2n) is 4.20. The largest absolute Gasteiger partial charge is 0.399 e. The third kappa shape index (κ3) is 2.88. The van der Waals surface area contributed by atoms with Crippen molar-refractivity contribution in [2.75, 3.05) is 12.8 Å². The molecule has 3 nitrogen and oxygen atoms in total. The highest BCUT2D eigenvalue weighted by Gasteiger charge is 2.11. The summed E-state index contributed by atoms with van der Waals surface area (Å²) in [5.74, 6) is -0.0533. The predicted octanol–water partition coefficient (Wildman–Crippen LogP) is 2.34. The van der Waals surface area contributed by atoms with Crippen LogP contribution in [0.4, 0.5) is 5.69 Å². The lowest BCUT2D eigenvalue weighted by Gasteiger charge is -2.17. The Morgan fingerprint density at radius 2 is 2.00 bits per heavy atom. The smallest absolute Gasteiger partial charge is 0.253 e. The second-order valence-corrected chi connectivity index (χ2v) is 4.20. The van der Waals surface area contributed by atoms with E-state index >= 15 is 0 Å². The lowest BCUT2D eigenvalue weighted by atomic mass is 10.1. The molecule has 1 radical (unpaired) electrons. The first kappa shape index (κ1) is 12.2. The number of amides is 1. The van der Waals surface area contributed by atoms with E-state index in [1.165, 1.54) is 0 Å². The Labute approximate surface area is 107 Å². The van der Waals surface area contributed by atoms with Crippen LogP contribution in [0.2, 0.25) is 0 Å². The van der Waals surface area contributed by atoms with Crippen molar-refractivity contribution in [3.05, 3.63) is 65.7 Å². The van der Waals surface area contributed by atoms with Crippen LogP contribution in [-0.4, -0.2) is 17.9 Å². The average molecular weight is 239 g/mol. The van der Waals surface area contributed by atoms with Crippen molar-refractivity contribution in [1.82, 2.24) is 4.90 Å². The molecule has 3 heteroatoms. The van der Waals surface area contributed by atoms with Gasteiger partial charge in [0.15, 0.2) is 0 Å². The molecule has 1 amide bonds. The van der Waals surface area contributed by atoms with Crippen molar-refractivity contribution < 1.29 is 4.79 Å². The summed E-state index contributed by atoms with van der Waals surface area (Å²) in [6, 6.07) is 17.7. The average Bonchev–Trinajstić information content (AvgIpc) is 2.39. The van der Waals surface area contributed by atoms with Crippen LogP contribution in [0.3, 0.4) is 0 Å². The summed E-state index contributed by atoms with van der Waals surface area (Å²) in [7, 11) is 1.78. The van der Waals surface area contributed by atoms with Crippen LogP contribution in [0.15, 0.2) is 48.5 Å². The lowest BCUT2D eigenvalue weighted by molar-refractivity contribution is 0.0785. The Balaban J connectivity index is 2.10. The number of anilines is 1. The molecule has 18 heavy (non-hydrogen) atoms. The number of nitrogens with two attached hydrogens (primary N) is 1. The van der Waals surface area contributed by atoms with Gasteiger partial charge in [0.25, 0.3) is 5.91 Å². The normalized spacial score (nSPS) is 10.1. The molecule has 2 N–H and O–H groups in total. The maximum atomic E-state index is 12.2. The monoisotopic (exact) mass is 239 g/mol. The number of carbonyl (C=O) groups is 1. The zero-order chi connectivity index (χ0) is 13.0. The summed E-state index contributed by atoms with van der Waals surface area (Å²) in [6.45, 7) is 0.578. The van der Waals surface area contributed by atoms with E-state index in [0.717, 1.165) is 5.56 Å². The number of rotatable bonds is 3. The molecular formula is C15H15N2O. The topological polar surface area (TPSA) is 46.3 Å². The molecule has 0 spiro atoms. The quantitative estimate of drug-likeness (QED) is 0.836. The summed E-state index contributed by atoms with van der Waals surface area (Å²) < 4.78 is 0. The summed E-state index contributed by atoms with van der Waals surface area (Å²) in [4.78, 5) is 13.8. The summed E-state index contributed by atoms with van der Waals surface area (Å²) in [5, 5.41) is 0. The molecule has 0 bridgehead atoms. The van der Waals surface area contributed by atoms with E-state index in [9.17, 15) is 4.79 Å². The van der Waals surface area contributed by atoms with Crippen LogP contribution in [0.5, 0.6) is 0 Å². The minimum Gasteiger partial charge on any atom is -0.399 e. The molecule has 0 saturated carbocycles. The molecule has 0 aliphatic carbocycles. The standard InChI is InChI=1S/C15H15N2O/c1-17(11-12-6-3-2-4-7-12)15(18)13-8-5-9-14(16)10-13/h2-4,6-10H,11,16H2,1H3. The highest BCUT2D eigenvalue weighted by molar-refractivity contribution is 5.94. The van der Waals surface area contributed by atoms with Crippen molar-refractivity contribution in [3.63, 3.8) is 0 Å². The maximum Gasteiger partial charge on any atom is 0.253 e. The van der Waals surface area contributed by atoms with Crippen LogP contribution >= 0.6 is 0 Å². The Morgan fingerprint density at radius 1 is 1.28 bits per heavy atom. The van der Waals surface area contributed by atoms with Crippen molar-refractivity contribution in [3.8, 4) is 0 Å². The molecule has 0 saturated heterocycles. The van der Waals surface area contributed by atoms with Gasteiger partial charge in [0, 0.05) is 24.8 Å². The molecule has 0 aliphatic heterocycles. The highest BCUT2D eigenvalue weighted by atomic mass is 16.2. The molecule has 91 valence electrons. The van der Waals surface area contributed by atoms with E-state index in [4.69, 9.17) is 5.73 Å². The van der Waals surface area contributed by atoms with Gasteiger partial charge in [-0.2, -0.15) is 0 Å². The van der Waals surface area contributed by atoms with Crippen molar-refractivity contribution in [2.45, 2.75) is 6.54 Å². The lowest BCUT2D eigenvalue weighted by Crippen LogP contribution is -2.26. The Hall–Kier alpha value is -2.29. The predicted molar refractivity (Wildman–Crippen MR) is 71.9 cm³/mol. The molecule has 2 aromatic rings. The molecule has 0 unspecified atom stereocenters. The van der Waals surface area contributed by atoms with E-state index in [0.29, 0.717) is 17.8 Å². The third-order valence-corrected chi connectivity index (χ3v) is 2.67. The Kier molecular flexibility index (Phi) is 3.63. The van der Waals surface area contributed by atoms with E-state index < -0.39 is 0 Å². The minimum absolute atomic E-state index is 0.0533. The number of carbonyl (C=O) groups excluding carboxylic acids is 1.